The van der Waals surface area contributed by atoms with Gasteiger partial charge in [0.1, 0.15) is 22.7 Å². The molecule has 0 atom stereocenters. The molecule has 0 fully saturated rings. The highest BCUT2D eigenvalue weighted by Gasteiger charge is 2.27. The van der Waals surface area contributed by atoms with E-state index in [1.807, 2.05) is 41.5 Å². The number of hydrogen-bond acceptors (Lipinski definition) is 4. The van der Waals surface area contributed by atoms with Gasteiger partial charge >= 0.3 is 0 Å². The molecule has 4 N–H and O–H groups in total. The Bertz CT molecular complexity index is 307. The van der Waals surface area contributed by atoms with Gasteiger partial charge in [-0.1, -0.05) is 0 Å². The zero-order chi connectivity index (χ0) is 14.4. The normalized spacial score (nSPS) is 11.3. The second-order valence-electron chi connectivity index (χ2n) is 5.13. The molecular weight excluding hydrogens is 299 g/mol. The highest BCUT2D eigenvalue weighted by atomic mass is 35.5. The first-order valence-corrected chi connectivity index (χ1v) is 6.27. The van der Waals surface area contributed by atoms with Gasteiger partial charge in [0.15, 0.2) is 0 Å². The van der Waals surface area contributed by atoms with Crippen molar-refractivity contribution in [3.8, 4) is 0 Å². The highest BCUT2D eigenvalue weighted by Crippen LogP contribution is 2.16. The second-order valence-corrected chi connectivity index (χ2v) is 5.13. The van der Waals surface area contributed by atoms with Crippen LogP contribution in [0, 0.1) is 10.8 Å². The molecule has 0 aromatic rings. The molecule has 0 aromatic carbocycles. The first-order chi connectivity index (χ1) is 8.17. The average molecular weight is 327 g/mol. The molecule has 6 nitrogen and oxygen atoms in total. The summed E-state index contributed by atoms with van der Waals surface area (Å²) >= 11 is 0. The summed E-state index contributed by atoms with van der Waals surface area (Å²) in [5, 5.41) is 30.0. The van der Waals surface area contributed by atoms with Crippen LogP contribution >= 0.6 is 24.8 Å². The topological polar surface area (TPSA) is 96.5 Å². The van der Waals surface area contributed by atoms with Gasteiger partial charge in [0.05, 0.1) is 0 Å². The number of amidine groups is 2. The lowest BCUT2D eigenvalue weighted by Gasteiger charge is -2.24. The second kappa shape index (κ2) is 9.94. The molecule has 0 aliphatic rings. The zero-order valence-corrected chi connectivity index (χ0v) is 14.8. The van der Waals surface area contributed by atoms with Crippen LogP contribution in [0.15, 0.2) is 10.2 Å². The van der Waals surface area contributed by atoms with E-state index in [1.165, 1.54) is 0 Å². The number of azo groups is 1. The number of hydrogen-bond donors (Lipinski definition) is 4. The number of nitrogens with one attached hydrogen (secondary N) is 4. The summed E-state index contributed by atoms with van der Waals surface area (Å²) in [6.07, 6.45) is 0. The smallest absolute Gasteiger partial charge is 0.132 e. The Balaban J connectivity index is -0.00000144. The molecule has 0 saturated heterocycles. The van der Waals surface area contributed by atoms with Crippen LogP contribution in [0.25, 0.3) is 0 Å². The maximum absolute atomic E-state index is 7.85. The van der Waals surface area contributed by atoms with E-state index in [0.717, 1.165) is 0 Å². The molecule has 0 aliphatic heterocycles. The lowest BCUT2D eigenvalue weighted by atomic mass is 10.0. The van der Waals surface area contributed by atoms with Gasteiger partial charge in [-0.25, -0.2) is 0 Å². The molecule has 0 radical (unpaired) electrons. The monoisotopic (exact) mass is 326 g/mol. The van der Waals surface area contributed by atoms with E-state index in [2.05, 4.69) is 20.9 Å². The van der Waals surface area contributed by atoms with Crippen molar-refractivity contribution in [2.45, 2.75) is 52.6 Å². The van der Waals surface area contributed by atoms with Crippen LogP contribution in [0.4, 0.5) is 0 Å². The standard InChI is InChI=1S/C12H26N6.2ClH/c1-7-15-9(13)11(3,4)17-18-12(5,6)10(14)16-8-2;;/h7-8H2,1-6H3,(H2,13,15)(H2,14,16);2*1H/b18-17+;;. The van der Waals surface area contributed by atoms with Crippen molar-refractivity contribution in [3.63, 3.8) is 0 Å². The molecule has 0 bridgehead atoms. The third-order valence-corrected chi connectivity index (χ3v) is 2.48. The summed E-state index contributed by atoms with van der Waals surface area (Å²) in [5.74, 6) is 0.666. The molecule has 120 valence electrons. The first-order valence-electron chi connectivity index (χ1n) is 6.27. The largest absolute Gasteiger partial charge is 0.372 e. The van der Waals surface area contributed by atoms with Gasteiger partial charge < -0.3 is 10.6 Å². The van der Waals surface area contributed by atoms with Crippen molar-refractivity contribution in [2.24, 2.45) is 10.2 Å². The minimum Gasteiger partial charge on any atom is -0.372 e. The van der Waals surface area contributed by atoms with E-state index in [1.54, 1.807) is 0 Å². The van der Waals surface area contributed by atoms with Crippen LogP contribution in [0.5, 0.6) is 0 Å². The quantitative estimate of drug-likeness (QED) is 0.343. The van der Waals surface area contributed by atoms with E-state index < -0.39 is 11.1 Å². The fourth-order valence-electron chi connectivity index (χ4n) is 1.14. The zero-order valence-electron chi connectivity index (χ0n) is 13.1. The van der Waals surface area contributed by atoms with Crippen molar-refractivity contribution in [2.75, 3.05) is 13.1 Å². The van der Waals surface area contributed by atoms with Crippen LogP contribution in [0.1, 0.15) is 41.5 Å². The van der Waals surface area contributed by atoms with Crippen molar-refractivity contribution in [1.29, 1.82) is 10.8 Å². The number of nitrogens with zero attached hydrogens (tertiary/aromatic N) is 2. The molecule has 0 heterocycles. The van der Waals surface area contributed by atoms with E-state index in [-0.39, 0.29) is 24.8 Å². The minimum absolute atomic E-state index is 0. The Kier molecular flexibility index (Phi) is 12.0. The van der Waals surface area contributed by atoms with Crippen molar-refractivity contribution < 1.29 is 0 Å². The Morgan fingerprint density at radius 3 is 1.25 bits per heavy atom. The number of halogens is 2. The first kappa shape index (κ1) is 24.2. The van der Waals surface area contributed by atoms with Gasteiger partial charge in [-0.2, -0.15) is 10.2 Å². The molecule has 8 heteroatoms. The van der Waals surface area contributed by atoms with E-state index >= 15 is 0 Å². The van der Waals surface area contributed by atoms with Gasteiger partial charge in [0.25, 0.3) is 0 Å². The van der Waals surface area contributed by atoms with Gasteiger partial charge in [0.2, 0.25) is 0 Å². The van der Waals surface area contributed by atoms with Crippen molar-refractivity contribution >= 4 is 36.5 Å². The Labute approximate surface area is 134 Å². The van der Waals surface area contributed by atoms with Gasteiger partial charge in [-0.3, -0.25) is 10.8 Å². The molecule has 0 amide bonds. The molecule has 0 rings (SSSR count). The highest BCUT2D eigenvalue weighted by molar-refractivity contribution is 5.89. The van der Waals surface area contributed by atoms with Crippen molar-refractivity contribution in [3.05, 3.63) is 0 Å². The molecule has 0 spiro atoms. The summed E-state index contributed by atoms with van der Waals surface area (Å²) in [6.45, 7) is 12.6. The summed E-state index contributed by atoms with van der Waals surface area (Å²) in [6, 6.07) is 0. The van der Waals surface area contributed by atoms with Crippen LogP contribution in [-0.4, -0.2) is 35.8 Å². The lowest BCUT2D eigenvalue weighted by Crippen LogP contribution is -2.42. The predicted octanol–water partition coefficient (Wildman–Crippen LogP) is 3.01. The number of rotatable bonds is 6. The van der Waals surface area contributed by atoms with Gasteiger partial charge in [-0.15, -0.1) is 24.8 Å². The van der Waals surface area contributed by atoms with E-state index in [0.29, 0.717) is 24.8 Å². The molecule has 0 aromatic heterocycles. The summed E-state index contributed by atoms with van der Waals surface area (Å²) in [7, 11) is 0. The fourth-order valence-corrected chi connectivity index (χ4v) is 1.14. The molecule has 0 saturated carbocycles. The summed E-state index contributed by atoms with van der Waals surface area (Å²) in [4.78, 5) is 0. The SMILES string of the molecule is CCNC(=N)C(C)(C)/N=N/C(C)(C)C(=N)NCC.Cl.Cl. The Morgan fingerprint density at radius 2 is 1.05 bits per heavy atom. The molecule has 0 aliphatic carbocycles. The van der Waals surface area contributed by atoms with Crippen LogP contribution in [0.2, 0.25) is 0 Å². The van der Waals surface area contributed by atoms with E-state index in [9.17, 15) is 0 Å². The van der Waals surface area contributed by atoms with E-state index in [4.69, 9.17) is 10.8 Å². The maximum atomic E-state index is 7.85. The summed E-state index contributed by atoms with van der Waals surface area (Å²) < 4.78 is 0. The van der Waals surface area contributed by atoms with Crippen LogP contribution in [0.3, 0.4) is 0 Å². The fraction of sp³-hybridized carbons (Fsp3) is 0.833. The minimum atomic E-state index is -0.695. The molecular formula is C12H28Cl2N6. The van der Waals surface area contributed by atoms with Gasteiger partial charge in [0, 0.05) is 13.1 Å². The molecule has 0 unspecified atom stereocenters. The number of likely N-dealkylation sites (N-methyl/N-ethyl adjacent to an activating group) is 2. The summed E-state index contributed by atoms with van der Waals surface area (Å²) in [5.41, 5.74) is -1.39. The third kappa shape index (κ3) is 7.65. The lowest BCUT2D eigenvalue weighted by molar-refractivity contribution is 0.542. The predicted molar refractivity (Wildman–Crippen MR) is 90.3 cm³/mol. The Morgan fingerprint density at radius 1 is 0.800 bits per heavy atom. The van der Waals surface area contributed by atoms with Crippen LogP contribution in [-0.2, 0) is 0 Å². The van der Waals surface area contributed by atoms with Crippen LogP contribution < -0.4 is 10.6 Å². The van der Waals surface area contributed by atoms with Crippen molar-refractivity contribution in [1.82, 2.24) is 10.6 Å². The molecule has 20 heavy (non-hydrogen) atoms. The Hall–Kier alpha value is -0.880. The third-order valence-electron chi connectivity index (χ3n) is 2.48. The maximum Gasteiger partial charge on any atom is 0.132 e. The average Bonchev–Trinajstić information content (AvgIpc) is 2.27. The van der Waals surface area contributed by atoms with Gasteiger partial charge in [-0.05, 0) is 41.5 Å².